The summed E-state index contributed by atoms with van der Waals surface area (Å²) in [6.07, 6.45) is 3.66. The smallest absolute Gasteiger partial charge is 0.288 e. The molecule has 0 saturated carbocycles. The van der Waals surface area contributed by atoms with Crippen LogP contribution in [0.15, 0.2) is 6.33 Å². The molecular formula is C11H19N5O. The lowest BCUT2D eigenvalue weighted by atomic mass is 9.97. The number of aromatic amines is 1. The van der Waals surface area contributed by atoms with Crippen LogP contribution < -0.4 is 5.32 Å². The zero-order chi connectivity index (χ0) is 12.1. The highest BCUT2D eigenvalue weighted by Gasteiger charge is 2.19. The van der Waals surface area contributed by atoms with Crippen LogP contribution in [0.25, 0.3) is 0 Å². The number of H-pyrrole nitrogens is 1. The van der Waals surface area contributed by atoms with E-state index in [1.54, 1.807) is 0 Å². The SMILES string of the molecule is CCN1CCC(CNC(=O)c2ncn[nH]2)CC1. The molecule has 0 spiro atoms. The van der Waals surface area contributed by atoms with E-state index < -0.39 is 0 Å². The van der Waals surface area contributed by atoms with Crippen LogP contribution in [0.5, 0.6) is 0 Å². The van der Waals surface area contributed by atoms with Gasteiger partial charge in [0.1, 0.15) is 6.33 Å². The normalized spacial score (nSPS) is 18.2. The Labute approximate surface area is 101 Å². The number of rotatable bonds is 4. The molecule has 1 aromatic rings. The van der Waals surface area contributed by atoms with Crippen molar-refractivity contribution in [2.24, 2.45) is 5.92 Å². The molecule has 1 fully saturated rings. The van der Waals surface area contributed by atoms with Crippen LogP contribution in [-0.4, -0.2) is 52.2 Å². The van der Waals surface area contributed by atoms with Gasteiger partial charge in [-0.05, 0) is 38.4 Å². The van der Waals surface area contributed by atoms with E-state index in [0.717, 1.165) is 39.0 Å². The minimum Gasteiger partial charge on any atom is -0.349 e. The molecular weight excluding hydrogens is 218 g/mol. The number of hydrogen-bond donors (Lipinski definition) is 2. The van der Waals surface area contributed by atoms with Crippen molar-refractivity contribution in [1.82, 2.24) is 25.4 Å². The lowest BCUT2D eigenvalue weighted by Gasteiger charge is -2.30. The molecule has 2 N–H and O–H groups in total. The van der Waals surface area contributed by atoms with Crippen molar-refractivity contribution in [3.63, 3.8) is 0 Å². The average Bonchev–Trinajstić information content (AvgIpc) is 2.90. The van der Waals surface area contributed by atoms with Gasteiger partial charge in [-0.25, -0.2) is 4.98 Å². The summed E-state index contributed by atoms with van der Waals surface area (Å²) >= 11 is 0. The van der Waals surface area contributed by atoms with Crippen LogP contribution in [0.1, 0.15) is 30.4 Å². The minimum absolute atomic E-state index is 0.166. The van der Waals surface area contributed by atoms with Crippen molar-refractivity contribution in [2.45, 2.75) is 19.8 Å². The van der Waals surface area contributed by atoms with Gasteiger partial charge in [0.05, 0.1) is 0 Å². The van der Waals surface area contributed by atoms with Gasteiger partial charge in [-0.2, -0.15) is 5.10 Å². The van der Waals surface area contributed by atoms with Gasteiger partial charge in [0.2, 0.25) is 5.82 Å². The highest BCUT2D eigenvalue weighted by atomic mass is 16.2. The fourth-order valence-electron chi connectivity index (χ4n) is 2.14. The van der Waals surface area contributed by atoms with E-state index in [2.05, 4.69) is 32.3 Å². The fourth-order valence-corrected chi connectivity index (χ4v) is 2.14. The van der Waals surface area contributed by atoms with Crippen LogP contribution in [0, 0.1) is 5.92 Å². The standard InChI is InChI=1S/C11H19N5O/c1-2-16-5-3-9(4-6-16)7-12-11(17)10-13-8-14-15-10/h8-9H,2-7H2,1H3,(H,12,17)(H,13,14,15). The molecule has 0 aromatic carbocycles. The van der Waals surface area contributed by atoms with E-state index in [1.165, 1.54) is 6.33 Å². The Morgan fingerprint density at radius 1 is 1.59 bits per heavy atom. The summed E-state index contributed by atoms with van der Waals surface area (Å²) in [6, 6.07) is 0. The molecule has 1 amide bonds. The first-order chi connectivity index (χ1) is 8.29. The molecule has 94 valence electrons. The van der Waals surface area contributed by atoms with Gasteiger partial charge in [-0.15, -0.1) is 0 Å². The van der Waals surface area contributed by atoms with Crippen molar-refractivity contribution in [3.8, 4) is 0 Å². The largest absolute Gasteiger partial charge is 0.349 e. The highest BCUT2D eigenvalue weighted by Crippen LogP contribution is 2.15. The van der Waals surface area contributed by atoms with Crippen LogP contribution in [-0.2, 0) is 0 Å². The summed E-state index contributed by atoms with van der Waals surface area (Å²) in [5, 5.41) is 9.11. The number of amides is 1. The Morgan fingerprint density at radius 2 is 2.35 bits per heavy atom. The Balaban J connectivity index is 1.71. The summed E-state index contributed by atoms with van der Waals surface area (Å²) in [5.41, 5.74) is 0. The molecule has 1 saturated heterocycles. The van der Waals surface area contributed by atoms with E-state index in [-0.39, 0.29) is 11.7 Å². The van der Waals surface area contributed by atoms with E-state index >= 15 is 0 Å². The first-order valence-corrected chi connectivity index (χ1v) is 6.15. The molecule has 0 aliphatic carbocycles. The number of hydrogen-bond acceptors (Lipinski definition) is 4. The summed E-state index contributed by atoms with van der Waals surface area (Å²) < 4.78 is 0. The lowest BCUT2D eigenvalue weighted by molar-refractivity contribution is 0.0927. The first kappa shape index (κ1) is 12.0. The Kier molecular flexibility index (Phi) is 4.08. The quantitative estimate of drug-likeness (QED) is 0.788. The number of aromatic nitrogens is 3. The first-order valence-electron chi connectivity index (χ1n) is 6.15. The molecule has 2 heterocycles. The van der Waals surface area contributed by atoms with Gasteiger partial charge in [0, 0.05) is 6.54 Å². The predicted octanol–water partition coefficient (Wildman–Crippen LogP) is 0.266. The zero-order valence-electron chi connectivity index (χ0n) is 10.1. The third-order valence-corrected chi connectivity index (χ3v) is 3.34. The minimum atomic E-state index is -0.166. The molecule has 0 bridgehead atoms. The molecule has 2 rings (SSSR count). The Hall–Kier alpha value is -1.43. The monoisotopic (exact) mass is 237 g/mol. The second kappa shape index (κ2) is 5.77. The van der Waals surface area contributed by atoms with Gasteiger partial charge in [-0.3, -0.25) is 9.89 Å². The molecule has 0 atom stereocenters. The van der Waals surface area contributed by atoms with Crippen molar-refractivity contribution in [2.75, 3.05) is 26.2 Å². The van der Waals surface area contributed by atoms with Crippen molar-refractivity contribution < 1.29 is 4.79 Å². The summed E-state index contributed by atoms with van der Waals surface area (Å²) in [4.78, 5) is 17.9. The highest BCUT2D eigenvalue weighted by molar-refractivity contribution is 5.90. The number of likely N-dealkylation sites (tertiary alicyclic amines) is 1. The molecule has 1 aliphatic heterocycles. The third kappa shape index (κ3) is 3.26. The second-order valence-corrected chi connectivity index (χ2v) is 4.42. The van der Waals surface area contributed by atoms with Gasteiger partial charge < -0.3 is 10.2 Å². The maximum Gasteiger partial charge on any atom is 0.288 e. The number of carbonyl (C=O) groups is 1. The van der Waals surface area contributed by atoms with Crippen molar-refractivity contribution in [3.05, 3.63) is 12.2 Å². The summed E-state index contributed by atoms with van der Waals surface area (Å²) in [5.74, 6) is 0.709. The molecule has 6 nitrogen and oxygen atoms in total. The van der Waals surface area contributed by atoms with Gasteiger partial charge >= 0.3 is 0 Å². The van der Waals surface area contributed by atoms with Crippen molar-refractivity contribution in [1.29, 1.82) is 0 Å². The van der Waals surface area contributed by atoms with Gasteiger partial charge in [0.15, 0.2) is 0 Å². The molecule has 1 aliphatic rings. The molecule has 0 radical (unpaired) electrons. The number of nitrogens with one attached hydrogen (secondary N) is 2. The lowest BCUT2D eigenvalue weighted by Crippen LogP contribution is -2.38. The Bertz CT molecular complexity index is 343. The number of nitrogens with zero attached hydrogens (tertiary/aromatic N) is 3. The van der Waals surface area contributed by atoms with Crippen LogP contribution >= 0.6 is 0 Å². The van der Waals surface area contributed by atoms with E-state index in [4.69, 9.17) is 0 Å². The molecule has 17 heavy (non-hydrogen) atoms. The van der Waals surface area contributed by atoms with E-state index in [1.807, 2.05) is 0 Å². The summed E-state index contributed by atoms with van der Waals surface area (Å²) in [7, 11) is 0. The molecule has 6 heteroatoms. The van der Waals surface area contributed by atoms with E-state index in [0.29, 0.717) is 5.92 Å². The van der Waals surface area contributed by atoms with E-state index in [9.17, 15) is 4.79 Å². The van der Waals surface area contributed by atoms with Crippen LogP contribution in [0.4, 0.5) is 0 Å². The topological polar surface area (TPSA) is 73.9 Å². The van der Waals surface area contributed by atoms with Crippen LogP contribution in [0.2, 0.25) is 0 Å². The molecule has 0 unspecified atom stereocenters. The number of carbonyl (C=O) groups excluding carboxylic acids is 1. The number of piperidine rings is 1. The predicted molar refractivity (Wildman–Crippen MR) is 63.6 cm³/mol. The Morgan fingerprint density at radius 3 is 2.94 bits per heavy atom. The summed E-state index contributed by atoms with van der Waals surface area (Å²) in [6.45, 7) is 6.32. The average molecular weight is 237 g/mol. The van der Waals surface area contributed by atoms with Gasteiger partial charge in [-0.1, -0.05) is 6.92 Å². The zero-order valence-corrected chi connectivity index (χ0v) is 10.1. The maximum absolute atomic E-state index is 11.6. The van der Waals surface area contributed by atoms with Gasteiger partial charge in [0.25, 0.3) is 5.91 Å². The molecule has 1 aromatic heterocycles. The maximum atomic E-state index is 11.6. The second-order valence-electron chi connectivity index (χ2n) is 4.42. The van der Waals surface area contributed by atoms with Crippen molar-refractivity contribution >= 4 is 5.91 Å². The van der Waals surface area contributed by atoms with Crippen LogP contribution in [0.3, 0.4) is 0 Å². The fraction of sp³-hybridized carbons (Fsp3) is 0.727. The third-order valence-electron chi connectivity index (χ3n) is 3.34.